The molecule has 3 heteroatoms. The standard InChI is InChI=1S/C15H24N2O/c1-3-17-10-4-5-14(17)12-16-11-13-6-8-15(18-2)9-7-13/h6-9,14,16H,3-5,10-12H2,1-2H3. The maximum absolute atomic E-state index is 5.16. The smallest absolute Gasteiger partial charge is 0.118 e. The maximum Gasteiger partial charge on any atom is 0.118 e. The van der Waals surface area contributed by atoms with E-state index in [9.17, 15) is 0 Å². The number of likely N-dealkylation sites (N-methyl/N-ethyl adjacent to an activating group) is 1. The Hall–Kier alpha value is -1.06. The number of benzene rings is 1. The van der Waals surface area contributed by atoms with E-state index in [1.54, 1.807) is 7.11 Å². The molecule has 3 nitrogen and oxygen atoms in total. The lowest BCUT2D eigenvalue weighted by molar-refractivity contribution is 0.260. The van der Waals surface area contributed by atoms with E-state index in [4.69, 9.17) is 4.74 Å². The molecule has 0 spiro atoms. The minimum atomic E-state index is 0.730. The van der Waals surface area contributed by atoms with Gasteiger partial charge in [-0.2, -0.15) is 0 Å². The van der Waals surface area contributed by atoms with Gasteiger partial charge in [0.1, 0.15) is 5.75 Å². The zero-order valence-corrected chi connectivity index (χ0v) is 11.5. The molecule has 0 bridgehead atoms. The Morgan fingerprint density at radius 3 is 2.78 bits per heavy atom. The van der Waals surface area contributed by atoms with Gasteiger partial charge in [-0.3, -0.25) is 4.90 Å². The highest BCUT2D eigenvalue weighted by Gasteiger charge is 2.21. The quantitative estimate of drug-likeness (QED) is 0.836. The fraction of sp³-hybridized carbons (Fsp3) is 0.600. The molecule has 1 unspecified atom stereocenters. The topological polar surface area (TPSA) is 24.5 Å². The van der Waals surface area contributed by atoms with Crippen molar-refractivity contribution >= 4 is 0 Å². The van der Waals surface area contributed by atoms with Crippen LogP contribution < -0.4 is 10.1 Å². The zero-order chi connectivity index (χ0) is 12.8. The molecule has 0 aromatic heterocycles. The van der Waals surface area contributed by atoms with E-state index in [0.717, 1.165) is 24.9 Å². The summed E-state index contributed by atoms with van der Waals surface area (Å²) in [6.45, 7) is 6.74. The van der Waals surface area contributed by atoms with Crippen LogP contribution in [0.5, 0.6) is 5.75 Å². The average molecular weight is 248 g/mol. The number of nitrogens with zero attached hydrogens (tertiary/aromatic N) is 1. The van der Waals surface area contributed by atoms with E-state index in [1.165, 1.54) is 31.5 Å². The van der Waals surface area contributed by atoms with Crippen LogP contribution in [0.4, 0.5) is 0 Å². The van der Waals surface area contributed by atoms with Gasteiger partial charge in [0.2, 0.25) is 0 Å². The van der Waals surface area contributed by atoms with Crippen LogP contribution in [-0.2, 0) is 6.54 Å². The Bertz CT molecular complexity index is 350. The third-order valence-corrected chi connectivity index (χ3v) is 3.77. The molecule has 0 radical (unpaired) electrons. The first kappa shape index (κ1) is 13.4. The van der Waals surface area contributed by atoms with E-state index in [1.807, 2.05) is 12.1 Å². The molecule has 1 atom stereocenters. The second-order valence-electron chi connectivity index (χ2n) is 4.90. The summed E-state index contributed by atoms with van der Waals surface area (Å²) >= 11 is 0. The van der Waals surface area contributed by atoms with Crippen molar-refractivity contribution in [3.05, 3.63) is 29.8 Å². The predicted octanol–water partition coefficient (Wildman–Crippen LogP) is 2.27. The number of likely N-dealkylation sites (tertiary alicyclic amines) is 1. The third-order valence-electron chi connectivity index (χ3n) is 3.77. The van der Waals surface area contributed by atoms with Crippen LogP contribution in [0.25, 0.3) is 0 Å². The lowest BCUT2D eigenvalue weighted by atomic mass is 10.2. The third kappa shape index (κ3) is 3.47. The molecule has 1 aromatic rings. The van der Waals surface area contributed by atoms with Crippen LogP contribution in [0, 0.1) is 0 Å². The molecule has 1 aliphatic heterocycles. The first-order valence-corrected chi connectivity index (χ1v) is 6.91. The van der Waals surface area contributed by atoms with Crippen LogP contribution in [0.1, 0.15) is 25.3 Å². The second kappa shape index (κ2) is 6.76. The molecule has 2 rings (SSSR count). The molecule has 1 aliphatic rings. The molecule has 1 aromatic carbocycles. The van der Waals surface area contributed by atoms with Gasteiger partial charge in [-0.25, -0.2) is 0 Å². The van der Waals surface area contributed by atoms with Crippen molar-refractivity contribution in [3.63, 3.8) is 0 Å². The van der Waals surface area contributed by atoms with E-state index in [2.05, 4.69) is 29.3 Å². The summed E-state index contributed by atoms with van der Waals surface area (Å²) in [7, 11) is 1.70. The molecule has 1 heterocycles. The van der Waals surface area contributed by atoms with E-state index < -0.39 is 0 Å². The van der Waals surface area contributed by atoms with Gasteiger partial charge in [0.25, 0.3) is 0 Å². The summed E-state index contributed by atoms with van der Waals surface area (Å²) in [6.07, 6.45) is 2.69. The van der Waals surface area contributed by atoms with Crippen molar-refractivity contribution in [1.82, 2.24) is 10.2 Å². The highest BCUT2D eigenvalue weighted by atomic mass is 16.5. The Morgan fingerprint density at radius 1 is 1.33 bits per heavy atom. The Labute approximate surface area is 110 Å². The monoisotopic (exact) mass is 248 g/mol. The summed E-state index contributed by atoms with van der Waals surface area (Å²) in [5.41, 5.74) is 1.32. The molecule has 100 valence electrons. The highest BCUT2D eigenvalue weighted by Crippen LogP contribution is 2.16. The van der Waals surface area contributed by atoms with Gasteiger partial charge in [0, 0.05) is 19.1 Å². The minimum absolute atomic E-state index is 0.730. The van der Waals surface area contributed by atoms with Gasteiger partial charge in [-0.05, 0) is 43.6 Å². The highest BCUT2D eigenvalue weighted by molar-refractivity contribution is 5.26. The van der Waals surface area contributed by atoms with Gasteiger partial charge in [-0.1, -0.05) is 19.1 Å². The van der Waals surface area contributed by atoms with Gasteiger partial charge in [0.05, 0.1) is 7.11 Å². The molecule has 0 amide bonds. The van der Waals surface area contributed by atoms with Crippen molar-refractivity contribution in [2.24, 2.45) is 0 Å². The van der Waals surface area contributed by atoms with Crippen molar-refractivity contribution < 1.29 is 4.74 Å². The Balaban J connectivity index is 1.74. The number of rotatable bonds is 6. The summed E-state index contributed by atoms with van der Waals surface area (Å²) in [6, 6.07) is 9.01. The largest absolute Gasteiger partial charge is 0.497 e. The van der Waals surface area contributed by atoms with Crippen LogP contribution in [0.15, 0.2) is 24.3 Å². The van der Waals surface area contributed by atoms with Crippen molar-refractivity contribution in [2.75, 3.05) is 26.7 Å². The SMILES string of the molecule is CCN1CCCC1CNCc1ccc(OC)cc1. The van der Waals surface area contributed by atoms with Gasteiger partial charge in [-0.15, -0.1) is 0 Å². The molecule has 18 heavy (non-hydrogen) atoms. The first-order valence-electron chi connectivity index (χ1n) is 6.91. The number of nitrogens with one attached hydrogen (secondary N) is 1. The molecular formula is C15H24N2O. The lowest BCUT2D eigenvalue weighted by Crippen LogP contribution is -2.37. The van der Waals surface area contributed by atoms with Crippen LogP contribution >= 0.6 is 0 Å². The van der Waals surface area contributed by atoms with E-state index in [0.29, 0.717) is 0 Å². The fourth-order valence-electron chi connectivity index (χ4n) is 2.67. The van der Waals surface area contributed by atoms with Crippen LogP contribution in [0.2, 0.25) is 0 Å². The summed E-state index contributed by atoms with van der Waals surface area (Å²) < 4.78 is 5.16. The molecule has 1 saturated heterocycles. The number of hydrogen-bond donors (Lipinski definition) is 1. The normalized spacial score (nSPS) is 20.2. The molecule has 1 N–H and O–H groups in total. The second-order valence-corrected chi connectivity index (χ2v) is 4.90. The first-order chi connectivity index (χ1) is 8.83. The minimum Gasteiger partial charge on any atom is -0.497 e. The van der Waals surface area contributed by atoms with Crippen molar-refractivity contribution in [3.8, 4) is 5.75 Å². The number of hydrogen-bond acceptors (Lipinski definition) is 3. The summed E-state index contributed by atoms with van der Waals surface area (Å²) in [5, 5.41) is 3.56. The van der Waals surface area contributed by atoms with E-state index in [-0.39, 0.29) is 0 Å². The molecule has 0 aliphatic carbocycles. The molecular weight excluding hydrogens is 224 g/mol. The maximum atomic E-state index is 5.16. The van der Waals surface area contributed by atoms with Gasteiger partial charge in [0.15, 0.2) is 0 Å². The van der Waals surface area contributed by atoms with Crippen molar-refractivity contribution in [2.45, 2.75) is 32.4 Å². The number of ether oxygens (including phenoxy) is 1. The van der Waals surface area contributed by atoms with Gasteiger partial charge >= 0.3 is 0 Å². The lowest BCUT2D eigenvalue weighted by Gasteiger charge is -2.23. The predicted molar refractivity (Wildman–Crippen MR) is 75.0 cm³/mol. The van der Waals surface area contributed by atoms with Crippen LogP contribution in [0.3, 0.4) is 0 Å². The number of methoxy groups -OCH3 is 1. The Kier molecular flexibility index (Phi) is 5.02. The van der Waals surface area contributed by atoms with E-state index >= 15 is 0 Å². The zero-order valence-electron chi connectivity index (χ0n) is 11.5. The summed E-state index contributed by atoms with van der Waals surface area (Å²) in [4.78, 5) is 2.57. The Morgan fingerprint density at radius 2 is 2.11 bits per heavy atom. The average Bonchev–Trinajstić information content (AvgIpc) is 2.87. The molecule has 0 saturated carbocycles. The molecule has 1 fully saturated rings. The summed E-state index contributed by atoms with van der Waals surface area (Å²) in [5.74, 6) is 0.923. The van der Waals surface area contributed by atoms with Gasteiger partial charge < -0.3 is 10.1 Å². The fourth-order valence-corrected chi connectivity index (χ4v) is 2.67. The van der Waals surface area contributed by atoms with Crippen molar-refractivity contribution in [1.29, 1.82) is 0 Å². The van der Waals surface area contributed by atoms with Crippen LogP contribution in [-0.4, -0.2) is 37.7 Å².